The Hall–Kier alpha value is -1.45. The van der Waals surface area contributed by atoms with Crippen LogP contribution in [0.3, 0.4) is 0 Å². The molecular weight excluding hydrogens is 296 g/mol. The molecular formula is C12H20N4O4S. The Balaban J connectivity index is 2.06. The fourth-order valence-corrected chi connectivity index (χ4v) is 3.15. The molecule has 0 saturated carbocycles. The van der Waals surface area contributed by atoms with E-state index in [1.165, 1.54) is 10.6 Å². The smallest absolute Gasteiger partial charge is 0.222 e. The molecule has 1 aromatic heterocycles. The van der Waals surface area contributed by atoms with E-state index in [2.05, 4.69) is 10.4 Å². The van der Waals surface area contributed by atoms with Crippen molar-refractivity contribution in [1.29, 1.82) is 0 Å². The van der Waals surface area contributed by atoms with Gasteiger partial charge in [0.05, 0.1) is 37.6 Å². The number of methoxy groups -OCH3 is 1. The highest BCUT2D eigenvalue weighted by Crippen LogP contribution is 2.24. The Bertz CT molecular complexity index is 598. The van der Waals surface area contributed by atoms with Crippen LogP contribution in [0.2, 0.25) is 0 Å². The van der Waals surface area contributed by atoms with E-state index < -0.39 is 10.0 Å². The zero-order chi connectivity index (χ0) is 15.5. The maximum Gasteiger partial charge on any atom is 0.222 e. The van der Waals surface area contributed by atoms with Gasteiger partial charge in [-0.25, -0.2) is 8.42 Å². The summed E-state index contributed by atoms with van der Waals surface area (Å²) in [7, 11) is -1.73. The summed E-state index contributed by atoms with van der Waals surface area (Å²) < 4.78 is 31.5. The van der Waals surface area contributed by atoms with Crippen molar-refractivity contribution in [2.24, 2.45) is 0 Å². The lowest BCUT2D eigenvalue weighted by Gasteiger charge is -2.32. The van der Waals surface area contributed by atoms with Crippen LogP contribution in [0.5, 0.6) is 0 Å². The number of nitrogens with one attached hydrogen (secondary N) is 1. The number of aromatic nitrogens is 2. The molecule has 1 N–H and O–H groups in total. The first kappa shape index (κ1) is 15.9. The largest absolute Gasteiger partial charge is 0.383 e. The molecule has 21 heavy (non-hydrogen) atoms. The van der Waals surface area contributed by atoms with Gasteiger partial charge >= 0.3 is 0 Å². The summed E-state index contributed by atoms with van der Waals surface area (Å²) in [4.78, 5) is 11.9. The first-order chi connectivity index (χ1) is 9.91. The van der Waals surface area contributed by atoms with Crippen molar-refractivity contribution >= 4 is 15.9 Å². The van der Waals surface area contributed by atoms with Gasteiger partial charge in [0.25, 0.3) is 0 Å². The van der Waals surface area contributed by atoms with Crippen LogP contribution in [-0.4, -0.2) is 61.5 Å². The van der Waals surface area contributed by atoms with Crippen molar-refractivity contribution in [3.8, 4) is 0 Å². The van der Waals surface area contributed by atoms with Gasteiger partial charge in [-0.05, 0) is 6.07 Å². The number of carbonyl (C=O) groups excluding carboxylic acids is 1. The van der Waals surface area contributed by atoms with Crippen molar-refractivity contribution in [2.45, 2.75) is 19.0 Å². The Morgan fingerprint density at radius 3 is 3.00 bits per heavy atom. The van der Waals surface area contributed by atoms with E-state index in [1.54, 1.807) is 24.1 Å². The van der Waals surface area contributed by atoms with Crippen LogP contribution in [0.15, 0.2) is 12.3 Å². The summed E-state index contributed by atoms with van der Waals surface area (Å²) in [5.41, 5.74) is 0.793. The van der Waals surface area contributed by atoms with E-state index in [-0.39, 0.29) is 24.9 Å². The molecule has 0 fully saturated rings. The van der Waals surface area contributed by atoms with Gasteiger partial charge in [0, 0.05) is 26.4 Å². The Morgan fingerprint density at radius 1 is 1.57 bits per heavy atom. The number of fused-ring (bicyclic) bond motifs is 1. The third-order valence-electron chi connectivity index (χ3n) is 3.37. The number of carbonyl (C=O) groups is 1. The van der Waals surface area contributed by atoms with E-state index in [0.717, 1.165) is 5.69 Å². The topological polar surface area (TPSA) is 93.5 Å². The minimum absolute atomic E-state index is 0.145. The molecule has 1 atom stereocenters. The molecule has 0 saturated heterocycles. The fraction of sp³-hybridized carbons (Fsp3) is 0.667. The van der Waals surface area contributed by atoms with Crippen LogP contribution in [-0.2, 0) is 26.1 Å². The van der Waals surface area contributed by atoms with E-state index in [4.69, 9.17) is 4.74 Å². The standard InChI is InChI=1S/C12H20N4O4S/c1-20-6-5-13-12(17)7-11-9-15(21(2,18)19)8-10-3-4-14-16(10)11/h3-4,11H,5-9H2,1-2H3,(H,13,17). The van der Waals surface area contributed by atoms with Crippen molar-refractivity contribution in [2.75, 3.05) is 33.1 Å². The molecule has 0 aromatic carbocycles. The number of nitrogens with zero attached hydrogens (tertiary/aromatic N) is 3. The lowest BCUT2D eigenvalue weighted by atomic mass is 10.1. The highest BCUT2D eigenvalue weighted by molar-refractivity contribution is 7.88. The normalized spacial score (nSPS) is 19.2. The van der Waals surface area contributed by atoms with Crippen LogP contribution >= 0.6 is 0 Å². The Labute approximate surface area is 124 Å². The summed E-state index contributed by atoms with van der Waals surface area (Å²) in [6.45, 7) is 1.43. The van der Waals surface area contributed by atoms with Gasteiger partial charge < -0.3 is 10.1 Å². The highest BCUT2D eigenvalue weighted by atomic mass is 32.2. The van der Waals surface area contributed by atoms with Gasteiger partial charge in [0.1, 0.15) is 0 Å². The highest BCUT2D eigenvalue weighted by Gasteiger charge is 2.31. The number of hydrogen-bond acceptors (Lipinski definition) is 5. The quantitative estimate of drug-likeness (QED) is 0.704. The number of amides is 1. The molecule has 1 amide bonds. The molecule has 0 radical (unpaired) electrons. The van der Waals surface area contributed by atoms with Crippen molar-refractivity contribution in [1.82, 2.24) is 19.4 Å². The van der Waals surface area contributed by atoms with E-state index >= 15 is 0 Å². The lowest BCUT2D eigenvalue weighted by molar-refractivity contribution is -0.122. The fourth-order valence-electron chi connectivity index (χ4n) is 2.34. The van der Waals surface area contributed by atoms with Crippen LogP contribution in [0.25, 0.3) is 0 Å². The first-order valence-electron chi connectivity index (χ1n) is 6.65. The van der Waals surface area contributed by atoms with Crippen molar-refractivity contribution in [3.63, 3.8) is 0 Å². The van der Waals surface area contributed by atoms with Gasteiger partial charge in [-0.2, -0.15) is 9.40 Å². The van der Waals surface area contributed by atoms with E-state index in [1.807, 2.05) is 0 Å². The molecule has 118 valence electrons. The van der Waals surface area contributed by atoms with E-state index in [0.29, 0.717) is 19.7 Å². The van der Waals surface area contributed by atoms with Gasteiger partial charge in [-0.1, -0.05) is 0 Å². The number of ether oxygens (including phenoxy) is 1. The lowest BCUT2D eigenvalue weighted by Crippen LogP contribution is -2.42. The molecule has 2 rings (SSSR count). The average Bonchev–Trinajstić information content (AvgIpc) is 2.86. The summed E-state index contributed by atoms with van der Waals surface area (Å²) in [6.07, 6.45) is 2.98. The van der Waals surface area contributed by atoms with E-state index in [9.17, 15) is 13.2 Å². The molecule has 1 aromatic rings. The zero-order valence-electron chi connectivity index (χ0n) is 12.2. The molecule has 1 aliphatic heterocycles. The molecule has 0 bridgehead atoms. The maximum atomic E-state index is 11.9. The third-order valence-corrected chi connectivity index (χ3v) is 4.59. The number of hydrogen-bond donors (Lipinski definition) is 1. The molecule has 1 unspecified atom stereocenters. The molecule has 1 aliphatic rings. The van der Waals surface area contributed by atoms with Crippen LogP contribution in [0.1, 0.15) is 18.2 Å². The van der Waals surface area contributed by atoms with Gasteiger partial charge in [0.2, 0.25) is 15.9 Å². The number of sulfonamides is 1. The first-order valence-corrected chi connectivity index (χ1v) is 8.50. The van der Waals surface area contributed by atoms with Crippen LogP contribution in [0, 0.1) is 0 Å². The summed E-state index contributed by atoms with van der Waals surface area (Å²) in [6, 6.07) is 1.48. The Morgan fingerprint density at radius 2 is 2.33 bits per heavy atom. The molecule has 0 aliphatic carbocycles. The molecule has 9 heteroatoms. The van der Waals surface area contributed by atoms with Crippen LogP contribution < -0.4 is 5.32 Å². The molecule has 8 nitrogen and oxygen atoms in total. The average molecular weight is 316 g/mol. The number of rotatable bonds is 6. The minimum atomic E-state index is -3.30. The second-order valence-electron chi connectivity index (χ2n) is 5.02. The summed E-state index contributed by atoms with van der Waals surface area (Å²) >= 11 is 0. The summed E-state index contributed by atoms with van der Waals surface area (Å²) in [5.74, 6) is -0.145. The molecule has 2 heterocycles. The van der Waals surface area contributed by atoms with Crippen molar-refractivity contribution in [3.05, 3.63) is 18.0 Å². The third kappa shape index (κ3) is 4.02. The second kappa shape index (κ2) is 6.54. The van der Waals surface area contributed by atoms with Gasteiger partial charge in [-0.3, -0.25) is 9.48 Å². The van der Waals surface area contributed by atoms with Crippen LogP contribution in [0.4, 0.5) is 0 Å². The Kier molecular flexibility index (Phi) is 4.96. The summed E-state index contributed by atoms with van der Waals surface area (Å²) in [5, 5.41) is 6.93. The zero-order valence-corrected chi connectivity index (χ0v) is 13.0. The minimum Gasteiger partial charge on any atom is -0.383 e. The maximum absolute atomic E-state index is 11.9. The van der Waals surface area contributed by atoms with Crippen molar-refractivity contribution < 1.29 is 17.9 Å². The van der Waals surface area contributed by atoms with Gasteiger partial charge in [-0.15, -0.1) is 0 Å². The second-order valence-corrected chi connectivity index (χ2v) is 7.01. The predicted molar refractivity (Wildman–Crippen MR) is 76.0 cm³/mol. The predicted octanol–water partition coefficient (Wildman–Crippen LogP) is -0.648. The molecule has 0 spiro atoms. The SMILES string of the molecule is COCCNC(=O)CC1CN(S(C)(=O)=O)Cc2ccnn21. The van der Waals surface area contributed by atoms with Gasteiger partial charge in [0.15, 0.2) is 0 Å². The monoisotopic (exact) mass is 316 g/mol.